The zero-order chi connectivity index (χ0) is 22.0. The number of anilines is 1. The highest BCUT2D eigenvalue weighted by Gasteiger charge is 2.17. The summed E-state index contributed by atoms with van der Waals surface area (Å²) < 4.78 is 18.3. The van der Waals surface area contributed by atoms with Crippen molar-refractivity contribution >= 4 is 17.7 Å². The Balaban J connectivity index is 1.98. The number of rotatable bonds is 7. The molecule has 0 N–H and O–H groups in total. The monoisotopic (exact) mass is 417 g/mol. The zero-order valence-electron chi connectivity index (χ0n) is 17.8. The number of aromatic nitrogens is 2. The maximum atomic E-state index is 11.6. The normalized spacial score (nSPS) is 10.7. The molecule has 0 atom stereocenters. The molecule has 0 aliphatic rings. The molecule has 2 heterocycles. The summed E-state index contributed by atoms with van der Waals surface area (Å²) in [5.41, 5.74) is 4.92. The Morgan fingerprint density at radius 1 is 0.903 bits per heavy atom. The maximum absolute atomic E-state index is 11.6. The van der Waals surface area contributed by atoms with Crippen LogP contribution in [0.15, 0.2) is 60.9 Å². The predicted octanol–water partition coefficient (Wildman–Crippen LogP) is 4.29. The molecule has 1 amide bonds. The van der Waals surface area contributed by atoms with Crippen LogP contribution >= 0.6 is 0 Å². The number of nitrogens with zero attached hydrogens (tertiary/aromatic N) is 3. The summed E-state index contributed by atoms with van der Waals surface area (Å²) in [5, 5.41) is 0. The van der Waals surface area contributed by atoms with Crippen LogP contribution in [-0.2, 0) is 4.79 Å². The number of hydrogen-bond acceptors (Lipinski definition) is 5. The van der Waals surface area contributed by atoms with E-state index in [1.807, 2.05) is 59.1 Å². The van der Waals surface area contributed by atoms with Crippen LogP contribution in [0.5, 0.6) is 17.2 Å². The smallest absolute Gasteiger partial charge is 0.213 e. The largest absolute Gasteiger partial charge is 0.496 e. The Morgan fingerprint density at radius 2 is 1.65 bits per heavy atom. The third-order valence-electron chi connectivity index (χ3n) is 5.22. The van der Waals surface area contributed by atoms with E-state index in [0.717, 1.165) is 34.5 Å². The Kier molecular flexibility index (Phi) is 5.49. The van der Waals surface area contributed by atoms with Crippen molar-refractivity contribution < 1.29 is 19.0 Å². The van der Waals surface area contributed by atoms with Crippen molar-refractivity contribution in [1.29, 1.82) is 0 Å². The van der Waals surface area contributed by atoms with Crippen molar-refractivity contribution in [2.75, 3.05) is 33.3 Å². The third kappa shape index (κ3) is 3.54. The van der Waals surface area contributed by atoms with Gasteiger partial charge in [-0.3, -0.25) is 9.20 Å². The minimum absolute atomic E-state index is 0.626. The molecular weight excluding hydrogens is 394 g/mol. The molecule has 4 aromatic rings. The molecule has 0 aliphatic heterocycles. The number of ether oxygens (including phenoxy) is 3. The van der Waals surface area contributed by atoms with Crippen LogP contribution in [0.4, 0.5) is 5.69 Å². The summed E-state index contributed by atoms with van der Waals surface area (Å²) in [6, 6.07) is 15.4. The first-order chi connectivity index (χ1) is 15.1. The molecule has 2 aromatic carbocycles. The van der Waals surface area contributed by atoms with Gasteiger partial charge in [-0.2, -0.15) is 0 Å². The van der Waals surface area contributed by atoms with Crippen molar-refractivity contribution in [2.24, 2.45) is 0 Å². The van der Waals surface area contributed by atoms with E-state index in [9.17, 15) is 4.79 Å². The number of hydrogen-bond donors (Lipinski definition) is 0. The van der Waals surface area contributed by atoms with E-state index in [2.05, 4.69) is 4.98 Å². The van der Waals surface area contributed by atoms with Crippen LogP contribution in [0.1, 0.15) is 0 Å². The number of pyridine rings is 1. The van der Waals surface area contributed by atoms with Gasteiger partial charge in [-0.15, -0.1) is 0 Å². The number of fused-ring (bicyclic) bond motifs is 1. The van der Waals surface area contributed by atoms with E-state index < -0.39 is 0 Å². The van der Waals surface area contributed by atoms with Crippen LogP contribution in [-0.4, -0.2) is 44.2 Å². The van der Waals surface area contributed by atoms with Gasteiger partial charge in [0.25, 0.3) is 0 Å². The van der Waals surface area contributed by atoms with Crippen molar-refractivity contribution in [3.8, 4) is 39.6 Å². The molecule has 4 rings (SSSR count). The number of imidazole rings is 1. The molecule has 2 aromatic heterocycles. The van der Waals surface area contributed by atoms with Gasteiger partial charge in [0.15, 0.2) is 17.1 Å². The second kappa shape index (κ2) is 8.39. The molecule has 0 aliphatic carbocycles. The van der Waals surface area contributed by atoms with Crippen LogP contribution in [0.2, 0.25) is 0 Å². The summed E-state index contributed by atoms with van der Waals surface area (Å²) >= 11 is 0. The van der Waals surface area contributed by atoms with Crippen LogP contribution in [0.25, 0.3) is 28.0 Å². The minimum atomic E-state index is 0.626. The maximum Gasteiger partial charge on any atom is 0.213 e. The molecule has 31 heavy (non-hydrogen) atoms. The average molecular weight is 417 g/mol. The quantitative estimate of drug-likeness (QED) is 0.420. The second-order valence-corrected chi connectivity index (χ2v) is 6.94. The molecule has 7 heteroatoms. The summed E-state index contributed by atoms with van der Waals surface area (Å²) in [4.78, 5) is 17.7. The highest BCUT2D eigenvalue weighted by Crippen LogP contribution is 2.37. The van der Waals surface area contributed by atoms with Crippen LogP contribution < -0.4 is 19.1 Å². The fraction of sp³-hybridized carbons (Fsp3) is 0.167. The molecule has 0 saturated carbocycles. The van der Waals surface area contributed by atoms with Gasteiger partial charge in [-0.1, -0.05) is 18.2 Å². The fourth-order valence-corrected chi connectivity index (χ4v) is 3.63. The Bertz CT molecular complexity index is 1250. The topological polar surface area (TPSA) is 65.3 Å². The van der Waals surface area contributed by atoms with E-state index in [1.165, 1.54) is 4.90 Å². The molecule has 0 radical (unpaired) electrons. The van der Waals surface area contributed by atoms with Crippen LogP contribution in [0.3, 0.4) is 0 Å². The Hall–Kier alpha value is -4.00. The SMILES string of the molecule is COc1ccc(-c2cnc3c(N(C)C=O)cc(-c4ccccc4OC)cn23)cc1OC. The summed E-state index contributed by atoms with van der Waals surface area (Å²) in [5.74, 6) is 2.02. The Labute approximate surface area is 180 Å². The Morgan fingerprint density at radius 3 is 2.35 bits per heavy atom. The number of methoxy groups -OCH3 is 3. The lowest BCUT2D eigenvalue weighted by atomic mass is 10.1. The lowest BCUT2D eigenvalue weighted by Crippen LogP contribution is -2.15. The van der Waals surface area contributed by atoms with Gasteiger partial charge >= 0.3 is 0 Å². The molecule has 0 saturated heterocycles. The predicted molar refractivity (Wildman–Crippen MR) is 120 cm³/mol. The standard InChI is InChI=1S/C24H23N3O4/c1-26(15-28)19-11-17(18-7-5-6-8-21(18)29-2)14-27-20(13-25-24(19)27)16-9-10-22(30-3)23(12-16)31-4/h5-15H,1-4H3. The van der Waals surface area contributed by atoms with Crippen molar-refractivity contribution in [1.82, 2.24) is 9.38 Å². The van der Waals surface area contributed by atoms with Gasteiger partial charge in [0, 0.05) is 29.9 Å². The molecule has 0 spiro atoms. The summed E-state index contributed by atoms with van der Waals surface area (Å²) in [6.45, 7) is 0. The summed E-state index contributed by atoms with van der Waals surface area (Å²) in [6.07, 6.45) is 4.55. The van der Waals surface area contributed by atoms with Crippen molar-refractivity contribution in [3.63, 3.8) is 0 Å². The molecule has 0 bridgehead atoms. The number of carbonyl (C=O) groups is 1. The first-order valence-corrected chi connectivity index (χ1v) is 9.66. The highest BCUT2D eigenvalue weighted by molar-refractivity contribution is 5.88. The second-order valence-electron chi connectivity index (χ2n) is 6.94. The number of amides is 1. The molecule has 0 fully saturated rings. The van der Waals surface area contributed by atoms with Gasteiger partial charge in [-0.25, -0.2) is 4.98 Å². The van der Waals surface area contributed by atoms with E-state index in [1.54, 1.807) is 34.6 Å². The lowest BCUT2D eigenvalue weighted by molar-refractivity contribution is -0.107. The van der Waals surface area contributed by atoms with Gasteiger partial charge in [-0.05, 0) is 30.3 Å². The first-order valence-electron chi connectivity index (χ1n) is 9.66. The lowest BCUT2D eigenvalue weighted by Gasteiger charge is -2.16. The van der Waals surface area contributed by atoms with E-state index in [4.69, 9.17) is 14.2 Å². The number of carbonyl (C=O) groups excluding carboxylic acids is 1. The zero-order valence-corrected chi connectivity index (χ0v) is 17.8. The van der Waals surface area contributed by atoms with E-state index >= 15 is 0 Å². The number of para-hydroxylation sites is 1. The average Bonchev–Trinajstić information content (AvgIpc) is 3.26. The van der Waals surface area contributed by atoms with E-state index in [0.29, 0.717) is 22.8 Å². The van der Waals surface area contributed by atoms with Crippen molar-refractivity contribution in [2.45, 2.75) is 0 Å². The van der Waals surface area contributed by atoms with E-state index in [-0.39, 0.29) is 0 Å². The first kappa shape index (κ1) is 20.3. The highest BCUT2D eigenvalue weighted by atomic mass is 16.5. The molecule has 158 valence electrons. The molecule has 0 unspecified atom stereocenters. The van der Waals surface area contributed by atoms with Gasteiger partial charge < -0.3 is 19.1 Å². The van der Waals surface area contributed by atoms with Crippen molar-refractivity contribution in [3.05, 3.63) is 60.9 Å². The third-order valence-corrected chi connectivity index (χ3v) is 5.22. The van der Waals surface area contributed by atoms with Crippen LogP contribution in [0, 0.1) is 0 Å². The fourth-order valence-electron chi connectivity index (χ4n) is 3.63. The van der Waals surface area contributed by atoms with Gasteiger partial charge in [0.05, 0.1) is 38.9 Å². The summed E-state index contributed by atoms with van der Waals surface area (Å²) in [7, 11) is 6.56. The number of benzene rings is 2. The molecule has 7 nitrogen and oxygen atoms in total. The van der Waals surface area contributed by atoms with Gasteiger partial charge in [0.2, 0.25) is 6.41 Å². The minimum Gasteiger partial charge on any atom is -0.496 e. The molecular formula is C24H23N3O4. The van der Waals surface area contributed by atoms with Gasteiger partial charge in [0.1, 0.15) is 5.75 Å².